The van der Waals surface area contributed by atoms with E-state index in [0.717, 1.165) is 6.61 Å². The molecule has 1 atom stereocenters. The van der Waals surface area contributed by atoms with Gasteiger partial charge in [-0.2, -0.15) is 11.8 Å². The molecule has 0 bridgehead atoms. The van der Waals surface area contributed by atoms with Crippen LogP contribution in [0.25, 0.3) is 0 Å². The van der Waals surface area contributed by atoms with Crippen LogP contribution in [0.1, 0.15) is 26.7 Å². The molecule has 10 heavy (non-hydrogen) atoms. The van der Waals surface area contributed by atoms with Gasteiger partial charge in [-0.05, 0) is 19.1 Å². The molecule has 1 nitrogen and oxygen atoms in total. The zero-order chi connectivity index (χ0) is 7.45. The summed E-state index contributed by atoms with van der Waals surface area (Å²) < 4.78 is 5.26. The number of hydrogen-bond donors (Lipinski definition) is 0. The van der Waals surface area contributed by atoms with Gasteiger partial charge in [-0.25, -0.2) is 0 Å². The van der Waals surface area contributed by atoms with E-state index in [1.165, 1.54) is 24.3 Å². The lowest BCUT2D eigenvalue weighted by Gasteiger charge is -2.02. The highest BCUT2D eigenvalue weighted by Gasteiger charge is 2.38. The van der Waals surface area contributed by atoms with Crippen molar-refractivity contribution in [3.05, 3.63) is 0 Å². The first-order valence-electron chi connectivity index (χ1n) is 3.98. The van der Waals surface area contributed by atoms with E-state index >= 15 is 0 Å². The van der Waals surface area contributed by atoms with Crippen molar-refractivity contribution >= 4 is 11.8 Å². The van der Waals surface area contributed by atoms with Crippen molar-refractivity contribution in [1.29, 1.82) is 0 Å². The minimum atomic E-state index is 0.262. The molecule has 0 spiro atoms. The Bertz CT molecular complexity index is 99.4. The van der Waals surface area contributed by atoms with Gasteiger partial charge >= 0.3 is 0 Å². The molecule has 1 aliphatic rings. The van der Waals surface area contributed by atoms with Crippen LogP contribution in [0.5, 0.6) is 0 Å². The van der Waals surface area contributed by atoms with Crippen LogP contribution >= 0.6 is 11.8 Å². The number of epoxide rings is 1. The number of unbranched alkanes of at least 4 members (excludes halogenated alkanes) is 1. The fourth-order valence-electron chi connectivity index (χ4n) is 0.741. The summed E-state index contributed by atoms with van der Waals surface area (Å²) in [4.78, 5) is 0. The number of thioether (sulfide) groups is 1. The standard InChI is InChI=1S/C8H16OS/c1-3-4-5-10-7-8(2)6-9-8/h3-7H2,1-2H3. The molecule has 1 aliphatic heterocycles. The van der Waals surface area contributed by atoms with Crippen LogP contribution < -0.4 is 0 Å². The van der Waals surface area contributed by atoms with Crippen molar-refractivity contribution < 1.29 is 4.74 Å². The van der Waals surface area contributed by atoms with Gasteiger partial charge in [0.1, 0.15) is 0 Å². The van der Waals surface area contributed by atoms with Crippen LogP contribution in [0.3, 0.4) is 0 Å². The summed E-state index contributed by atoms with van der Waals surface area (Å²) in [6.45, 7) is 5.40. The second-order valence-corrected chi connectivity index (χ2v) is 4.25. The maximum atomic E-state index is 5.26. The van der Waals surface area contributed by atoms with E-state index in [0.29, 0.717) is 0 Å². The Balaban J connectivity index is 1.86. The third kappa shape index (κ3) is 2.93. The lowest BCUT2D eigenvalue weighted by molar-refractivity contribution is 0.348. The molecule has 60 valence electrons. The predicted octanol–water partition coefficient (Wildman–Crippen LogP) is 2.31. The normalized spacial score (nSPS) is 30.6. The molecule has 1 unspecified atom stereocenters. The minimum Gasteiger partial charge on any atom is -0.369 e. The molecule has 1 heterocycles. The summed E-state index contributed by atoms with van der Waals surface area (Å²) in [7, 11) is 0. The summed E-state index contributed by atoms with van der Waals surface area (Å²) in [5.74, 6) is 2.49. The van der Waals surface area contributed by atoms with Crippen molar-refractivity contribution in [1.82, 2.24) is 0 Å². The average Bonchev–Trinajstić information content (AvgIpc) is 2.62. The van der Waals surface area contributed by atoms with Gasteiger partial charge in [0.05, 0.1) is 12.2 Å². The van der Waals surface area contributed by atoms with Crippen molar-refractivity contribution in [3.8, 4) is 0 Å². The van der Waals surface area contributed by atoms with E-state index in [9.17, 15) is 0 Å². The summed E-state index contributed by atoms with van der Waals surface area (Å²) >= 11 is 2.02. The lowest BCUT2D eigenvalue weighted by Crippen LogP contribution is -2.07. The van der Waals surface area contributed by atoms with Gasteiger partial charge in [0, 0.05) is 5.75 Å². The van der Waals surface area contributed by atoms with Crippen LogP contribution in [0, 0.1) is 0 Å². The number of ether oxygens (including phenoxy) is 1. The van der Waals surface area contributed by atoms with Gasteiger partial charge in [-0.3, -0.25) is 0 Å². The Morgan fingerprint density at radius 1 is 1.60 bits per heavy atom. The first kappa shape index (κ1) is 8.41. The zero-order valence-corrected chi connectivity index (χ0v) is 7.67. The highest BCUT2D eigenvalue weighted by atomic mass is 32.2. The molecule has 1 saturated heterocycles. The van der Waals surface area contributed by atoms with E-state index in [1.54, 1.807) is 0 Å². The number of rotatable bonds is 5. The topological polar surface area (TPSA) is 12.5 Å². The maximum Gasteiger partial charge on any atom is 0.0978 e. The Morgan fingerprint density at radius 3 is 2.80 bits per heavy atom. The predicted molar refractivity (Wildman–Crippen MR) is 46.6 cm³/mol. The lowest BCUT2D eigenvalue weighted by atomic mass is 10.3. The van der Waals surface area contributed by atoms with E-state index in [-0.39, 0.29) is 5.60 Å². The van der Waals surface area contributed by atoms with Crippen molar-refractivity contribution in [2.45, 2.75) is 32.3 Å². The molecule has 0 N–H and O–H groups in total. The van der Waals surface area contributed by atoms with Crippen LogP contribution in [-0.2, 0) is 4.74 Å². The monoisotopic (exact) mass is 160 g/mol. The van der Waals surface area contributed by atoms with E-state index in [1.807, 2.05) is 11.8 Å². The van der Waals surface area contributed by atoms with Crippen molar-refractivity contribution in [2.24, 2.45) is 0 Å². The molecule has 0 saturated carbocycles. The fourth-order valence-corrected chi connectivity index (χ4v) is 1.98. The second-order valence-electron chi connectivity index (χ2n) is 3.14. The average molecular weight is 160 g/mol. The van der Waals surface area contributed by atoms with Gasteiger partial charge in [-0.1, -0.05) is 13.3 Å². The molecule has 1 rings (SSSR count). The van der Waals surface area contributed by atoms with Gasteiger partial charge in [-0.15, -0.1) is 0 Å². The molecule has 0 aliphatic carbocycles. The molecule has 1 fully saturated rings. The Hall–Kier alpha value is 0.310. The summed E-state index contributed by atoms with van der Waals surface area (Å²) in [5, 5.41) is 0. The molecule has 0 radical (unpaired) electrons. The van der Waals surface area contributed by atoms with E-state index in [4.69, 9.17) is 4.74 Å². The van der Waals surface area contributed by atoms with Crippen molar-refractivity contribution in [3.63, 3.8) is 0 Å². The second kappa shape index (κ2) is 3.63. The highest BCUT2D eigenvalue weighted by molar-refractivity contribution is 7.99. The zero-order valence-electron chi connectivity index (χ0n) is 6.85. The Kier molecular flexibility index (Phi) is 3.05. The molecule has 0 aromatic carbocycles. The van der Waals surface area contributed by atoms with E-state index in [2.05, 4.69) is 13.8 Å². The fraction of sp³-hybridized carbons (Fsp3) is 1.00. The molecular formula is C8H16OS. The van der Waals surface area contributed by atoms with Crippen LogP contribution in [-0.4, -0.2) is 23.7 Å². The molecule has 2 heteroatoms. The van der Waals surface area contributed by atoms with E-state index < -0.39 is 0 Å². The van der Waals surface area contributed by atoms with Crippen LogP contribution in [0.4, 0.5) is 0 Å². The molecule has 0 aromatic rings. The largest absolute Gasteiger partial charge is 0.369 e. The highest BCUT2D eigenvalue weighted by Crippen LogP contribution is 2.30. The molecule has 0 aromatic heterocycles. The van der Waals surface area contributed by atoms with Gasteiger partial charge in [0.2, 0.25) is 0 Å². The first-order valence-corrected chi connectivity index (χ1v) is 5.14. The first-order chi connectivity index (χ1) is 4.77. The quantitative estimate of drug-likeness (QED) is 0.452. The Morgan fingerprint density at radius 2 is 2.30 bits per heavy atom. The summed E-state index contributed by atoms with van der Waals surface area (Å²) in [6.07, 6.45) is 2.66. The summed E-state index contributed by atoms with van der Waals surface area (Å²) in [5.41, 5.74) is 0.262. The SMILES string of the molecule is CCCCSCC1(C)CO1. The third-order valence-electron chi connectivity index (χ3n) is 1.69. The Labute approximate surface area is 67.5 Å². The molecule has 0 amide bonds. The van der Waals surface area contributed by atoms with Crippen molar-refractivity contribution in [2.75, 3.05) is 18.1 Å². The summed E-state index contributed by atoms with van der Waals surface area (Å²) in [6, 6.07) is 0. The maximum absolute atomic E-state index is 5.26. The van der Waals surface area contributed by atoms with Gasteiger partial charge in [0.25, 0.3) is 0 Å². The van der Waals surface area contributed by atoms with Crippen LogP contribution in [0.2, 0.25) is 0 Å². The smallest absolute Gasteiger partial charge is 0.0978 e. The van der Waals surface area contributed by atoms with Gasteiger partial charge < -0.3 is 4.74 Å². The van der Waals surface area contributed by atoms with Gasteiger partial charge in [0.15, 0.2) is 0 Å². The number of hydrogen-bond acceptors (Lipinski definition) is 2. The minimum absolute atomic E-state index is 0.262. The molecular weight excluding hydrogens is 144 g/mol. The third-order valence-corrected chi connectivity index (χ3v) is 3.08. The van der Waals surface area contributed by atoms with Crippen LogP contribution in [0.15, 0.2) is 0 Å².